The molecule has 34 heavy (non-hydrogen) atoms. The van der Waals surface area contributed by atoms with Crippen molar-refractivity contribution in [2.75, 3.05) is 23.8 Å². The van der Waals surface area contributed by atoms with Crippen molar-refractivity contribution in [3.8, 4) is 11.5 Å². The van der Waals surface area contributed by atoms with Gasteiger partial charge in [-0.25, -0.2) is 4.79 Å². The summed E-state index contributed by atoms with van der Waals surface area (Å²) in [6, 6.07) is 20.1. The minimum Gasteiger partial charge on any atom is -0.486 e. The first-order valence-electron chi connectivity index (χ1n) is 10.8. The van der Waals surface area contributed by atoms with Crippen molar-refractivity contribution in [3.63, 3.8) is 0 Å². The van der Waals surface area contributed by atoms with E-state index in [-0.39, 0.29) is 18.9 Å². The summed E-state index contributed by atoms with van der Waals surface area (Å²) in [6.07, 6.45) is -0.426. The molecule has 1 aliphatic heterocycles. The lowest BCUT2D eigenvalue weighted by molar-refractivity contribution is -0.115. The largest absolute Gasteiger partial charge is 0.486 e. The van der Waals surface area contributed by atoms with E-state index in [2.05, 4.69) is 20.8 Å². The fourth-order valence-corrected chi connectivity index (χ4v) is 3.62. The minimum atomic E-state index is -0.573. The lowest BCUT2D eigenvalue weighted by Gasteiger charge is -2.18. The molecule has 0 saturated heterocycles. The molecule has 172 valence electrons. The van der Waals surface area contributed by atoms with Gasteiger partial charge >= 0.3 is 6.09 Å². The van der Waals surface area contributed by atoms with E-state index in [0.717, 1.165) is 16.6 Å². The molecule has 3 aromatic carbocycles. The molecular weight excluding hydrogens is 436 g/mol. The van der Waals surface area contributed by atoms with E-state index in [0.29, 0.717) is 41.6 Å². The number of ether oxygens (including phenoxy) is 3. The summed E-state index contributed by atoms with van der Waals surface area (Å²) in [6.45, 7) is 1.17. The van der Waals surface area contributed by atoms with Crippen LogP contribution in [0.4, 0.5) is 16.3 Å². The van der Waals surface area contributed by atoms with Crippen molar-refractivity contribution in [3.05, 3.63) is 77.9 Å². The Morgan fingerprint density at radius 2 is 1.74 bits per heavy atom. The monoisotopic (exact) mass is 458 g/mol. The summed E-state index contributed by atoms with van der Waals surface area (Å²) < 4.78 is 16.4. The van der Waals surface area contributed by atoms with Gasteiger partial charge in [0.2, 0.25) is 5.91 Å². The molecule has 5 rings (SSSR count). The molecule has 0 bridgehead atoms. The van der Waals surface area contributed by atoms with Crippen LogP contribution in [0.25, 0.3) is 10.9 Å². The highest BCUT2D eigenvalue weighted by molar-refractivity contribution is 6.02. The summed E-state index contributed by atoms with van der Waals surface area (Å²) in [7, 11) is 0. The van der Waals surface area contributed by atoms with E-state index < -0.39 is 6.09 Å². The van der Waals surface area contributed by atoms with Crippen LogP contribution in [-0.2, 0) is 22.6 Å². The third-order valence-electron chi connectivity index (χ3n) is 5.25. The standard InChI is InChI=1S/C25H22N4O5/c30-23(13-17-6-9-21-22(12-17)33-11-10-32-21)27-24-19-14-18(7-8-20(19)28-29-24)26-25(31)34-15-16-4-2-1-3-5-16/h1-9,12,14H,10-11,13,15H2,(H,26,31)(H2,27,28,29,30). The fourth-order valence-electron chi connectivity index (χ4n) is 3.62. The molecule has 0 unspecified atom stereocenters. The van der Waals surface area contributed by atoms with E-state index in [1.165, 1.54) is 0 Å². The number of amides is 2. The zero-order chi connectivity index (χ0) is 23.3. The molecule has 0 aliphatic carbocycles. The number of benzene rings is 3. The minimum absolute atomic E-state index is 0.148. The molecular formula is C25H22N4O5. The molecule has 9 nitrogen and oxygen atoms in total. The second-order valence-corrected chi connectivity index (χ2v) is 7.72. The second kappa shape index (κ2) is 9.53. The number of aromatic nitrogens is 2. The Balaban J connectivity index is 1.23. The summed E-state index contributed by atoms with van der Waals surface area (Å²) in [5.74, 6) is 1.46. The van der Waals surface area contributed by atoms with Crippen LogP contribution < -0.4 is 20.1 Å². The van der Waals surface area contributed by atoms with Crippen LogP contribution in [0, 0.1) is 0 Å². The Morgan fingerprint density at radius 3 is 2.59 bits per heavy atom. The van der Waals surface area contributed by atoms with E-state index in [1.54, 1.807) is 30.3 Å². The quantitative estimate of drug-likeness (QED) is 0.398. The molecule has 2 heterocycles. The average molecular weight is 458 g/mol. The van der Waals surface area contributed by atoms with Gasteiger partial charge in [0.15, 0.2) is 17.3 Å². The molecule has 1 aliphatic rings. The first-order valence-corrected chi connectivity index (χ1v) is 10.8. The lowest BCUT2D eigenvalue weighted by atomic mass is 10.1. The van der Waals surface area contributed by atoms with Gasteiger partial charge in [-0.15, -0.1) is 0 Å². The maximum atomic E-state index is 12.6. The fraction of sp³-hybridized carbons (Fsp3) is 0.160. The van der Waals surface area contributed by atoms with Gasteiger partial charge in [0, 0.05) is 11.1 Å². The number of nitrogens with one attached hydrogen (secondary N) is 3. The maximum absolute atomic E-state index is 12.6. The summed E-state index contributed by atoms with van der Waals surface area (Å²) >= 11 is 0. The lowest BCUT2D eigenvalue weighted by Crippen LogP contribution is -2.17. The van der Waals surface area contributed by atoms with E-state index in [1.807, 2.05) is 36.4 Å². The van der Waals surface area contributed by atoms with Gasteiger partial charge in [-0.3, -0.25) is 15.2 Å². The van der Waals surface area contributed by atoms with Crippen molar-refractivity contribution in [2.45, 2.75) is 13.0 Å². The number of H-pyrrole nitrogens is 1. The van der Waals surface area contributed by atoms with Gasteiger partial charge in [-0.2, -0.15) is 5.10 Å². The Hall–Kier alpha value is -4.53. The highest BCUT2D eigenvalue weighted by atomic mass is 16.6. The number of carbonyl (C=O) groups is 2. The van der Waals surface area contributed by atoms with Gasteiger partial charge in [-0.05, 0) is 41.5 Å². The molecule has 2 amide bonds. The number of hydrogen-bond donors (Lipinski definition) is 3. The van der Waals surface area contributed by atoms with Crippen LogP contribution in [0.3, 0.4) is 0 Å². The van der Waals surface area contributed by atoms with Crippen LogP contribution in [0.1, 0.15) is 11.1 Å². The molecule has 9 heteroatoms. The average Bonchev–Trinajstić information content (AvgIpc) is 3.25. The maximum Gasteiger partial charge on any atom is 0.411 e. The van der Waals surface area contributed by atoms with Crippen LogP contribution in [0.15, 0.2) is 66.7 Å². The van der Waals surface area contributed by atoms with Gasteiger partial charge in [0.05, 0.1) is 11.9 Å². The molecule has 4 aromatic rings. The zero-order valence-corrected chi connectivity index (χ0v) is 18.2. The molecule has 1 aromatic heterocycles. The number of rotatable bonds is 6. The Labute approximate surface area is 195 Å². The van der Waals surface area contributed by atoms with Gasteiger partial charge in [0.1, 0.15) is 19.8 Å². The van der Waals surface area contributed by atoms with Gasteiger partial charge < -0.3 is 19.5 Å². The Kier molecular flexibility index (Phi) is 5.98. The van der Waals surface area contributed by atoms with Crippen molar-refractivity contribution in [2.24, 2.45) is 0 Å². The Bertz CT molecular complexity index is 1340. The molecule has 0 radical (unpaired) electrons. The van der Waals surface area contributed by atoms with Gasteiger partial charge in [-0.1, -0.05) is 36.4 Å². The second-order valence-electron chi connectivity index (χ2n) is 7.72. The predicted molar refractivity (Wildman–Crippen MR) is 126 cm³/mol. The highest BCUT2D eigenvalue weighted by Gasteiger charge is 2.15. The highest BCUT2D eigenvalue weighted by Crippen LogP contribution is 2.31. The molecule has 0 fully saturated rings. The third-order valence-corrected chi connectivity index (χ3v) is 5.25. The van der Waals surface area contributed by atoms with Crippen LogP contribution >= 0.6 is 0 Å². The van der Waals surface area contributed by atoms with E-state index >= 15 is 0 Å². The number of hydrogen-bond acceptors (Lipinski definition) is 6. The molecule has 0 spiro atoms. The van der Waals surface area contributed by atoms with Crippen molar-refractivity contribution in [1.82, 2.24) is 10.2 Å². The first kappa shape index (κ1) is 21.3. The predicted octanol–water partition coefficient (Wildman–Crippen LogP) is 4.26. The Morgan fingerprint density at radius 1 is 0.912 bits per heavy atom. The van der Waals surface area contributed by atoms with Crippen LogP contribution in [0.2, 0.25) is 0 Å². The summed E-state index contributed by atoms with van der Waals surface area (Å²) in [4.78, 5) is 24.8. The molecule has 3 N–H and O–H groups in total. The molecule has 0 atom stereocenters. The van der Waals surface area contributed by atoms with Crippen molar-refractivity contribution in [1.29, 1.82) is 0 Å². The van der Waals surface area contributed by atoms with E-state index in [9.17, 15) is 9.59 Å². The number of aromatic amines is 1. The summed E-state index contributed by atoms with van der Waals surface area (Å²) in [5.41, 5.74) is 2.93. The number of nitrogens with zero attached hydrogens (tertiary/aromatic N) is 1. The number of anilines is 2. The van der Waals surface area contributed by atoms with Crippen molar-refractivity contribution < 1.29 is 23.8 Å². The third kappa shape index (κ3) is 4.93. The smallest absolute Gasteiger partial charge is 0.411 e. The number of fused-ring (bicyclic) bond motifs is 2. The number of carbonyl (C=O) groups excluding carboxylic acids is 2. The topological polar surface area (TPSA) is 115 Å². The molecule has 0 saturated carbocycles. The van der Waals surface area contributed by atoms with Gasteiger partial charge in [0.25, 0.3) is 0 Å². The van der Waals surface area contributed by atoms with Crippen LogP contribution in [-0.4, -0.2) is 35.4 Å². The zero-order valence-electron chi connectivity index (χ0n) is 18.2. The first-order chi connectivity index (χ1) is 16.6. The van der Waals surface area contributed by atoms with Crippen LogP contribution in [0.5, 0.6) is 11.5 Å². The van der Waals surface area contributed by atoms with Crippen molar-refractivity contribution >= 4 is 34.4 Å². The SMILES string of the molecule is O=C(Cc1ccc2c(c1)OCCO2)Nc1n[nH]c2ccc(NC(=O)OCc3ccccc3)cc12. The normalized spacial score (nSPS) is 12.2. The summed E-state index contributed by atoms with van der Waals surface area (Å²) in [5, 5.41) is 13.3. The van der Waals surface area contributed by atoms with E-state index in [4.69, 9.17) is 14.2 Å².